The molecule has 0 aliphatic carbocycles. The van der Waals surface area contributed by atoms with Crippen molar-refractivity contribution in [3.8, 4) is 11.5 Å². The zero-order chi connectivity index (χ0) is 14.6. The number of aromatic nitrogens is 2. The van der Waals surface area contributed by atoms with E-state index in [1.54, 1.807) is 18.7 Å². The number of hydrogen-bond acceptors (Lipinski definition) is 3. The molecule has 0 bridgehead atoms. The molecule has 0 aliphatic rings. The van der Waals surface area contributed by atoms with Gasteiger partial charge in [-0.1, -0.05) is 0 Å². The second kappa shape index (κ2) is 6.17. The van der Waals surface area contributed by atoms with Crippen LogP contribution in [0.2, 0.25) is 0 Å². The summed E-state index contributed by atoms with van der Waals surface area (Å²) in [5.41, 5.74) is 0. The Labute approximate surface area is 121 Å². The zero-order valence-electron chi connectivity index (χ0n) is 10.1. The van der Waals surface area contributed by atoms with Crippen molar-refractivity contribution >= 4 is 15.9 Å². The lowest BCUT2D eigenvalue weighted by atomic mass is 10.3. The van der Waals surface area contributed by atoms with Crippen LogP contribution in [0.4, 0.5) is 13.2 Å². The first-order valence-electron chi connectivity index (χ1n) is 5.58. The Balaban J connectivity index is 1.91. The van der Waals surface area contributed by atoms with Gasteiger partial charge in [0.2, 0.25) is 0 Å². The Bertz CT molecular complexity index is 558. The summed E-state index contributed by atoms with van der Waals surface area (Å²) in [5, 5.41) is 0. The van der Waals surface area contributed by atoms with E-state index in [2.05, 4.69) is 25.7 Å². The van der Waals surface area contributed by atoms with Crippen LogP contribution >= 0.6 is 15.9 Å². The molecule has 0 unspecified atom stereocenters. The third-order valence-corrected chi connectivity index (χ3v) is 2.93. The molecule has 2 rings (SSSR count). The number of hydrogen-bond donors (Lipinski definition) is 0. The van der Waals surface area contributed by atoms with Crippen molar-refractivity contribution in [2.45, 2.75) is 12.9 Å². The lowest BCUT2D eigenvalue weighted by Gasteiger charge is -2.12. The van der Waals surface area contributed by atoms with E-state index >= 15 is 0 Å². The van der Waals surface area contributed by atoms with Crippen LogP contribution in [0.5, 0.6) is 11.5 Å². The van der Waals surface area contributed by atoms with E-state index in [1.807, 2.05) is 4.57 Å². The number of imidazole rings is 1. The highest BCUT2D eigenvalue weighted by Gasteiger charge is 2.31. The van der Waals surface area contributed by atoms with E-state index in [0.717, 1.165) is 0 Å². The minimum absolute atomic E-state index is 0.176. The minimum Gasteiger partial charge on any atom is -0.492 e. The Morgan fingerprint density at radius 2 is 2.10 bits per heavy atom. The molecule has 0 radical (unpaired) electrons. The van der Waals surface area contributed by atoms with Crippen molar-refractivity contribution in [1.82, 2.24) is 9.55 Å². The lowest BCUT2D eigenvalue weighted by molar-refractivity contribution is -0.274. The molecule has 20 heavy (non-hydrogen) atoms. The monoisotopic (exact) mass is 350 g/mol. The van der Waals surface area contributed by atoms with Crippen LogP contribution in [-0.4, -0.2) is 22.5 Å². The number of halogens is 4. The fourth-order valence-electron chi connectivity index (χ4n) is 1.47. The second-order valence-corrected chi connectivity index (χ2v) is 4.64. The number of rotatable bonds is 5. The predicted octanol–water partition coefficient (Wildman–Crippen LogP) is 3.62. The van der Waals surface area contributed by atoms with Crippen LogP contribution in [0, 0.1) is 0 Å². The first-order chi connectivity index (χ1) is 9.44. The van der Waals surface area contributed by atoms with E-state index in [0.29, 0.717) is 18.9 Å². The summed E-state index contributed by atoms with van der Waals surface area (Å²) in [4.78, 5) is 3.88. The molecule has 0 N–H and O–H groups in total. The van der Waals surface area contributed by atoms with Gasteiger partial charge in [0.15, 0.2) is 0 Å². The third-order valence-electron chi connectivity index (χ3n) is 2.31. The average molecular weight is 351 g/mol. The SMILES string of the molecule is FC(F)(F)Oc1ccc(OCCn2ccnc2)cc1Br. The molecular formula is C12H10BrF3N2O2. The van der Waals surface area contributed by atoms with Crippen LogP contribution < -0.4 is 9.47 Å². The van der Waals surface area contributed by atoms with Gasteiger partial charge in [0.05, 0.1) is 17.3 Å². The van der Waals surface area contributed by atoms with Crippen LogP contribution in [0.1, 0.15) is 0 Å². The molecule has 0 spiro atoms. The lowest BCUT2D eigenvalue weighted by Crippen LogP contribution is -2.17. The summed E-state index contributed by atoms with van der Waals surface area (Å²) in [7, 11) is 0. The van der Waals surface area contributed by atoms with Crippen LogP contribution in [0.15, 0.2) is 41.4 Å². The van der Waals surface area contributed by atoms with E-state index in [4.69, 9.17) is 4.74 Å². The molecule has 108 valence electrons. The third kappa shape index (κ3) is 4.44. The first kappa shape index (κ1) is 14.7. The molecule has 0 amide bonds. The van der Waals surface area contributed by atoms with Crippen molar-refractivity contribution in [2.75, 3.05) is 6.61 Å². The molecule has 8 heteroatoms. The van der Waals surface area contributed by atoms with Crippen molar-refractivity contribution in [3.05, 3.63) is 41.4 Å². The van der Waals surface area contributed by atoms with Gasteiger partial charge in [-0.05, 0) is 34.1 Å². The first-order valence-corrected chi connectivity index (χ1v) is 6.37. The molecule has 1 aromatic carbocycles. The van der Waals surface area contributed by atoms with Gasteiger partial charge in [-0.3, -0.25) is 0 Å². The molecule has 0 saturated carbocycles. The quantitative estimate of drug-likeness (QED) is 0.826. The number of alkyl halides is 3. The predicted molar refractivity (Wildman–Crippen MR) is 68.5 cm³/mol. The highest BCUT2D eigenvalue weighted by molar-refractivity contribution is 9.10. The fraction of sp³-hybridized carbons (Fsp3) is 0.250. The Kier molecular flexibility index (Phi) is 4.53. The second-order valence-electron chi connectivity index (χ2n) is 3.79. The molecular weight excluding hydrogens is 341 g/mol. The van der Waals surface area contributed by atoms with Gasteiger partial charge in [0.1, 0.15) is 18.1 Å². The molecule has 0 fully saturated rings. The van der Waals surface area contributed by atoms with Gasteiger partial charge in [-0.15, -0.1) is 13.2 Å². The van der Waals surface area contributed by atoms with Crippen molar-refractivity contribution < 1.29 is 22.6 Å². The summed E-state index contributed by atoms with van der Waals surface area (Å²) in [6.45, 7) is 0.973. The van der Waals surface area contributed by atoms with Gasteiger partial charge >= 0.3 is 6.36 Å². The summed E-state index contributed by atoms with van der Waals surface area (Å²) < 4.78 is 47.6. The Morgan fingerprint density at radius 1 is 1.30 bits per heavy atom. The average Bonchev–Trinajstić information content (AvgIpc) is 2.84. The topological polar surface area (TPSA) is 36.3 Å². The van der Waals surface area contributed by atoms with Crippen LogP contribution in [0.25, 0.3) is 0 Å². The molecule has 2 aromatic rings. The standard InChI is InChI=1S/C12H10BrF3N2O2/c13-10-7-9(1-2-11(10)20-12(14,15)16)19-6-5-18-4-3-17-8-18/h1-4,7-8H,5-6H2. The highest BCUT2D eigenvalue weighted by Crippen LogP contribution is 2.33. The van der Waals surface area contributed by atoms with Gasteiger partial charge in [0, 0.05) is 12.4 Å². The molecule has 0 aliphatic heterocycles. The zero-order valence-corrected chi connectivity index (χ0v) is 11.7. The molecule has 1 heterocycles. The van der Waals surface area contributed by atoms with Gasteiger partial charge < -0.3 is 14.0 Å². The minimum atomic E-state index is -4.72. The number of ether oxygens (including phenoxy) is 2. The van der Waals surface area contributed by atoms with E-state index in [9.17, 15) is 13.2 Å². The van der Waals surface area contributed by atoms with Gasteiger partial charge in [-0.2, -0.15) is 0 Å². The largest absolute Gasteiger partial charge is 0.573 e. The van der Waals surface area contributed by atoms with Gasteiger partial charge in [0.25, 0.3) is 0 Å². The highest BCUT2D eigenvalue weighted by atomic mass is 79.9. The maximum atomic E-state index is 12.1. The van der Waals surface area contributed by atoms with Crippen molar-refractivity contribution in [3.63, 3.8) is 0 Å². The van der Waals surface area contributed by atoms with Gasteiger partial charge in [-0.25, -0.2) is 4.98 Å². The smallest absolute Gasteiger partial charge is 0.492 e. The molecule has 0 saturated heterocycles. The molecule has 1 aromatic heterocycles. The maximum Gasteiger partial charge on any atom is 0.573 e. The van der Waals surface area contributed by atoms with E-state index < -0.39 is 6.36 Å². The summed E-state index contributed by atoms with van der Waals surface area (Å²) in [5.74, 6) is 0.144. The van der Waals surface area contributed by atoms with Crippen molar-refractivity contribution in [1.29, 1.82) is 0 Å². The normalized spacial score (nSPS) is 11.4. The Hall–Kier alpha value is -1.70. The van der Waals surface area contributed by atoms with E-state index in [1.165, 1.54) is 18.2 Å². The number of nitrogens with zero attached hydrogens (tertiary/aromatic N) is 2. The van der Waals surface area contributed by atoms with E-state index in [-0.39, 0.29) is 10.2 Å². The summed E-state index contributed by atoms with van der Waals surface area (Å²) >= 11 is 3.01. The Morgan fingerprint density at radius 3 is 2.70 bits per heavy atom. The molecule has 0 atom stereocenters. The maximum absolute atomic E-state index is 12.1. The fourth-order valence-corrected chi connectivity index (χ4v) is 1.91. The van der Waals surface area contributed by atoms with Crippen molar-refractivity contribution in [2.24, 2.45) is 0 Å². The molecule has 4 nitrogen and oxygen atoms in total. The summed E-state index contributed by atoms with van der Waals surface area (Å²) in [6, 6.07) is 4.04. The van der Waals surface area contributed by atoms with Crippen LogP contribution in [0.3, 0.4) is 0 Å². The summed E-state index contributed by atoms with van der Waals surface area (Å²) in [6.07, 6.45) is 0.380. The van der Waals surface area contributed by atoms with Crippen LogP contribution in [-0.2, 0) is 6.54 Å². The number of benzene rings is 1.